The van der Waals surface area contributed by atoms with Gasteiger partial charge in [0.2, 0.25) is 0 Å². The van der Waals surface area contributed by atoms with Gasteiger partial charge in [0.25, 0.3) is 0 Å². The van der Waals surface area contributed by atoms with Crippen LogP contribution in [0.25, 0.3) is 0 Å². The van der Waals surface area contributed by atoms with Gasteiger partial charge in [-0.15, -0.1) is 11.3 Å². The summed E-state index contributed by atoms with van der Waals surface area (Å²) in [6.07, 6.45) is 4.23. The second-order valence-electron chi connectivity index (χ2n) is 6.72. The number of hydrogen-bond acceptors (Lipinski definition) is 4. The third-order valence-corrected chi connectivity index (χ3v) is 6.66. The molecule has 1 aromatic heterocycles. The maximum Gasteiger partial charge on any atom is 0.191 e. The number of rotatable bonds is 4. The Kier molecular flexibility index (Phi) is 4.69. The lowest BCUT2D eigenvalue weighted by molar-refractivity contribution is 0.380. The third-order valence-electron chi connectivity index (χ3n) is 5.14. The number of piperazine rings is 1. The zero-order valence-corrected chi connectivity index (χ0v) is 16.5. The number of nitrogens with zero attached hydrogens (tertiary/aromatic N) is 4. The van der Waals surface area contributed by atoms with Crippen LogP contribution in [-0.2, 0) is 5.41 Å². The van der Waals surface area contributed by atoms with Crippen LogP contribution < -0.4 is 10.6 Å². The maximum atomic E-state index is 6.30. The number of anilines is 1. The van der Waals surface area contributed by atoms with Crippen LogP contribution in [-0.4, -0.2) is 48.6 Å². The van der Waals surface area contributed by atoms with Crippen molar-refractivity contribution in [3.8, 4) is 0 Å². The van der Waals surface area contributed by atoms with Gasteiger partial charge in [-0.1, -0.05) is 34.1 Å². The van der Waals surface area contributed by atoms with E-state index in [1.165, 1.54) is 22.9 Å². The molecule has 2 N–H and O–H groups in total. The largest absolute Gasteiger partial charge is 0.370 e. The predicted molar refractivity (Wildman–Crippen MR) is 107 cm³/mol. The highest BCUT2D eigenvalue weighted by atomic mass is 79.9. The molecule has 2 aliphatic rings. The van der Waals surface area contributed by atoms with Crippen molar-refractivity contribution in [2.24, 2.45) is 10.7 Å². The fourth-order valence-corrected chi connectivity index (χ4v) is 4.79. The van der Waals surface area contributed by atoms with E-state index in [0.717, 1.165) is 37.9 Å². The molecule has 4 rings (SSSR count). The Balaban J connectivity index is 1.37. The lowest BCUT2D eigenvalue weighted by atomic mass is 9.96. The van der Waals surface area contributed by atoms with E-state index in [1.807, 2.05) is 11.6 Å². The number of guanidine groups is 1. The molecule has 0 unspecified atom stereocenters. The Bertz CT molecular complexity index is 749. The first-order valence-corrected chi connectivity index (χ1v) is 10.3. The summed E-state index contributed by atoms with van der Waals surface area (Å²) >= 11 is 5.37. The van der Waals surface area contributed by atoms with E-state index in [4.69, 9.17) is 10.7 Å². The van der Waals surface area contributed by atoms with Gasteiger partial charge in [0.15, 0.2) is 11.1 Å². The van der Waals surface area contributed by atoms with Gasteiger partial charge in [0.05, 0.1) is 6.54 Å². The second-order valence-corrected chi connectivity index (χ2v) is 8.45. The number of halogens is 1. The summed E-state index contributed by atoms with van der Waals surface area (Å²) in [4.78, 5) is 13.7. The molecule has 7 heteroatoms. The molecule has 1 aliphatic carbocycles. The molecule has 0 amide bonds. The smallest absolute Gasteiger partial charge is 0.191 e. The number of aliphatic imine (C=N–C) groups is 1. The fraction of sp³-hybridized carbons (Fsp3) is 0.444. The molecule has 0 radical (unpaired) electrons. The van der Waals surface area contributed by atoms with Gasteiger partial charge in [-0.2, -0.15) is 0 Å². The minimum Gasteiger partial charge on any atom is -0.370 e. The zero-order chi connectivity index (χ0) is 17.3. The van der Waals surface area contributed by atoms with Gasteiger partial charge in [-0.25, -0.2) is 4.98 Å². The van der Waals surface area contributed by atoms with E-state index in [0.29, 0.717) is 5.96 Å². The zero-order valence-electron chi connectivity index (χ0n) is 14.1. The Morgan fingerprint density at radius 1 is 1.24 bits per heavy atom. The Morgan fingerprint density at radius 2 is 2.00 bits per heavy atom. The highest BCUT2D eigenvalue weighted by molar-refractivity contribution is 9.10. The van der Waals surface area contributed by atoms with Crippen LogP contribution >= 0.6 is 27.3 Å². The number of thiazole rings is 1. The Hall–Kier alpha value is -1.60. The summed E-state index contributed by atoms with van der Waals surface area (Å²) in [5.74, 6) is 0.678. The molecule has 0 atom stereocenters. The SMILES string of the molecule is NC(=NCC1(c2ccccc2Br)CC1)N1CCN(c2nccs2)CC1. The molecular weight excluding hydrogens is 398 g/mol. The van der Waals surface area contributed by atoms with Crippen molar-refractivity contribution in [2.45, 2.75) is 18.3 Å². The van der Waals surface area contributed by atoms with E-state index in [2.05, 4.69) is 55.0 Å². The van der Waals surface area contributed by atoms with E-state index in [9.17, 15) is 0 Å². The van der Waals surface area contributed by atoms with Crippen LogP contribution in [0.1, 0.15) is 18.4 Å². The molecule has 1 aromatic carbocycles. The number of hydrogen-bond donors (Lipinski definition) is 1. The second kappa shape index (κ2) is 6.96. The lowest BCUT2D eigenvalue weighted by Crippen LogP contribution is -2.51. The molecule has 1 saturated heterocycles. The van der Waals surface area contributed by atoms with Crippen LogP contribution in [0.2, 0.25) is 0 Å². The lowest BCUT2D eigenvalue weighted by Gasteiger charge is -2.35. The van der Waals surface area contributed by atoms with Crippen LogP contribution in [0.3, 0.4) is 0 Å². The van der Waals surface area contributed by atoms with Crippen LogP contribution in [0.4, 0.5) is 5.13 Å². The quantitative estimate of drug-likeness (QED) is 0.610. The van der Waals surface area contributed by atoms with Gasteiger partial charge >= 0.3 is 0 Å². The van der Waals surface area contributed by atoms with Crippen molar-refractivity contribution in [2.75, 3.05) is 37.6 Å². The Morgan fingerprint density at radius 3 is 2.64 bits per heavy atom. The number of aromatic nitrogens is 1. The summed E-state index contributed by atoms with van der Waals surface area (Å²) in [6.45, 7) is 4.46. The van der Waals surface area contributed by atoms with Crippen LogP contribution in [0.5, 0.6) is 0 Å². The molecule has 1 saturated carbocycles. The molecule has 2 heterocycles. The maximum absolute atomic E-state index is 6.30. The summed E-state index contributed by atoms with van der Waals surface area (Å²) in [7, 11) is 0. The summed E-state index contributed by atoms with van der Waals surface area (Å²) < 4.78 is 1.18. The Labute approximate surface area is 160 Å². The minimum absolute atomic E-state index is 0.174. The summed E-state index contributed by atoms with van der Waals surface area (Å²) in [5.41, 5.74) is 7.83. The monoisotopic (exact) mass is 419 g/mol. The molecule has 0 bridgehead atoms. The van der Waals surface area contributed by atoms with Crippen molar-refractivity contribution in [1.29, 1.82) is 0 Å². The fourth-order valence-electron chi connectivity index (χ4n) is 3.39. The minimum atomic E-state index is 0.174. The van der Waals surface area contributed by atoms with E-state index < -0.39 is 0 Å². The number of nitrogens with two attached hydrogens (primary N) is 1. The van der Waals surface area contributed by atoms with Crippen LogP contribution in [0, 0.1) is 0 Å². The first kappa shape index (κ1) is 16.8. The van der Waals surface area contributed by atoms with Crippen molar-refractivity contribution >= 4 is 38.4 Å². The average Bonchev–Trinajstić information content (AvgIpc) is 3.22. The number of benzene rings is 1. The normalized spacial score (nSPS) is 20.0. The van der Waals surface area contributed by atoms with Crippen molar-refractivity contribution in [1.82, 2.24) is 9.88 Å². The van der Waals surface area contributed by atoms with E-state index in [-0.39, 0.29) is 5.41 Å². The van der Waals surface area contributed by atoms with Crippen molar-refractivity contribution in [3.63, 3.8) is 0 Å². The molecule has 5 nitrogen and oxygen atoms in total. The van der Waals surface area contributed by atoms with Gasteiger partial charge in [-0.05, 0) is 24.5 Å². The predicted octanol–water partition coefficient (Wildman–Crippen LogP) is 3.07. The van der Waals surface area contributed by atoms with E-state index in [1.54, 1.807) is 11.3 Å². The molecular formula is C18H22BrN5S. The van der Waals surface area contributed by atoms with Gasteiger partial charge in [0.1, 0.15) is 0 Å². The standard InChI is InChI=1S/C18H22BrN5S/c19-15-4-2-1-3-14(15)18(5-6-18)13-22-16(20)23-8-10-24(11-9-23)17-21-7-12-25-17/h1-4,7,12H,5-6,8-11,13H2,(H2,20,22). The first-order chi connectivity index (χ1) is 12.2. The molecule has 132 valence electrons. The molecule has 0 spiro atoms. The highest BCUT2D eigenvalue weighted by Gasteiger charge is 2.45. The molecule has 1 aliphatic heterocycles. The topological polar surface area (TPSA) is 57.8 Å². The van der Waals surface area contributed by atoms with Crippen molar-refractivity contribution in [3.05, 3.63) is 45.9 Å². The van der Waals surface area contributed by atoms with Gasteiger partial charge in [0, 0.05) is 47.6 Å². The summed E-state index contributed by atoms with van der Waals surface area (Å²) in [5, 5.41) is 3.12. The average molecular weight is 420 g/mol. The molecule has 2 fully saturated rings. The van der Waals surface area contributed by atoms with Crippen LogP contribution in [0.15, 0.2) is 45.3 Å². The van der Waals surface area contributed by atoms with Crippen molar-refractivity contribution < 1.29 is 0 Å². The van der Waals surface area contributed by atoms with E-state index >= 15 is 0 Å². The highest BCUT2D eigenvalue weighted by Crippen LogP contribution is 2.50. The van der Waals surface area contributed by atoms with Gasteiger partial charge < -0.3 is 15.5 Å². The van der Waals surface area contributed by atoms with Gasteiger partial charge in [-0.3, -0.25) is 4.99 Å². The first-order valence-electron chi connectivity index (χ1n) is 8.62. The third kappa shape index (κ3) is 3.53. The molecule has 2 aromatic rings. The summed E-state index contributed by atoms with van der Waals surface area (Å²) in [6, 6.07) is 8.48. The molecule has 25 heavy (non-hydrogen) atoms.